The zero-order valence-corrected chi connectivity index (χ0v) is 12.8. The maximum absolute atomic E-state index is 13.6. The lowest BCUT2D eigenvalue weighted by atomic mass is 10.2. The van der Waals surface area contributed by atoms with Crippen molar-refractivity contribution in [1.82, 2.24) is 14.9 Å². The van der Waals surface area contributed by atoms with E-state index in [0.29, 0.717) is 5.11 Å². The number of thiocarbonyl (C=S) groups is 1. The maximum atomic E-state index is 13.6. The molecule has 0 amide bonds. The van der Waals surface area contributed by atoms with Gasteiger partial charge in [-0.1, -0.05) is 12.1 Å². The van der Waals surface area contributed by atoms with Gasteiger partial charge in [-0.15, -0.1) is 0 Å². The standard InChI is InChI=1S/C14H14F2N4OS/c1-20(2)14(22)19-12-11(16)7-17-13(18-12)21-8-9-3-5-10(15)6-4-9/h3-7H,8H2,1-2H3,(H,17,18,19,22). The number of halogens is 2. The van der Waals surface area contributed by atoms with Crippen LogP contribution < -0.4 is 10.1 Å². The molecular weight excluding hydrogens is 310 g/mol. The Balaban J connectivity index is 2.05. The van der Waals surface area contributed by atoms with Crippen molar-refractivity contribution in [3.63, 3.8) is 0 Å². The minimum Gasteiger partial charge on any atom is -0.459 e. The van der Waals surface area contributed by atoms with Crippen LogP contribution in [0.25, 0.3) is 0 Å². The molecule has 0 aliphatic heterocycles. The Morgan fingerprint density at radius 1 is 1.27 bits per heavy atom. The van der Waals surface area contributed by atoms with Gasteiger partial charge in [-0.25, -0.2) is 13.8 Å². The first-order valence-corrected chi connectivity index (χ1v) is 6.74. The lowest BCUT2D eigenvalue weighted by Crippen LogP contribution is -2.28. The third-order valence-electron chi connectivity index (χ3n) is 2.63. The normalized spacial score (nSPS) is 10.2. The lowest BCUT2D eigenvalue weighted by Gasteiger charge is -2.15. The summed E-state index contributed by atoms with van der Waals surface area (Å²) in [6.07, 6.45) is 0.994. The smallest absolute Gasteiger partial charge is 0.318 e. The summed E-state index contributed by atoms with van der Waals surface area (Å²) in [5.41, 5.74) is 0.743. The molecule has 22 heavy (non-hydrogen) atoms. The lowest BCUT2D eigenvalue weighted by molar-refractivity contribution is 0.280. The number of benzene rings is 1. The van der Waals surface area contributed by atoms with Gasteiger partial charge in [0.1, 0.15) is 12.4 Å². The molecule has 1 aromatic heterocycles. The first-order chi connectivity index (χ1) is 10.5. The van der Waals surface area contributed by atoms with Gasteiger partial charge in [-0.3, -0.25) is 0 Å². The van der Waals surface area contributed by atoms with Gasteiger partial charge in [0.15, 0.2) is 16.7 Å². The highest BCUT2D eigenvalue weighted by atomic mass is 32.1. The van der Waals surface area contributed by atoms with Gasteiger partial charge >= 0.3 is 6.01 Å². The first kappa shape index (κ1) is 16.0. The van der Waals surface area contributed by atoms with Crippen molar-refractivity contribution >= 4 is 23.1 Å². The molecule has 1 heterocycles. The van der Waals surface area contributed by atoms with E-state index in [0.717, 1.165) is 11.8 Å². The van der Waals surface area contributed by atoms with E-state index in [1.807, 2.05) is 0 Å². The van der Waals surface area contributed by atoms with Crippen LogP contribution in [0.4, 0.5) is 14.6 Å². The fourth-order valence-corrected chi connectivity index (χ4v) is 1.55. The van der Waals surface area contributed by atoms with E-state index in [2.05, 4.69) is 15.3 Å². The molecule has 0 radical (unpaired) electrons. The van der Waals surface area contributed by atoms with E-state index in [1.165, 1.54) is 12.1 Å². The van der Waals surface area contributed by atoms with E-state index in [4.69, 9.17) is 17.0 Å². The van der Waals surface area contributed by atoms with E-state index in [-0.39, 0.29) is 24.3 Å². The van der Waals surface area contributed by atoms with Crippen LogP contribution >= 0.6 is 12.2 Å². The van der Waals surface area contributed by atoms with Crippen LogP contribution in [-0.2, 0) is 6.61 Å². The third-order valence-corrected chi connectivity index (χ3v) is 3.10. The van der Waals surface area contributed by atoms with Crippen molar-refractivity contribution in [2.75, 3.05) is 19.4 Å². The monoisotopic (exact) mass is 324 g/mol. The average molecular weight is 324 g/mol. The summed E-state index contributed by atoms with van der Waals surface area (Å²) >= 11 is 5.03. The van der Waals surface area contributed by atoms with E-state index in [9.17, 15) is 8.78 Å². The summed E-state index contributed by atoms with van der Waals surface area (Å²) < 4.78 is 31.8. The summed E-state index contributed by atoms with van der Waals surface area (Å²) in [6, 6.07) is 5.81. The summed E-state index contributed by atoms with van der Waals surface area (Å²) in [6.45, 7) is 0.142. The van der Waals surface area contributed by atoms with Gasteiger partial charge in [0.25, 0.3) is 0 Å². The Morgan fingerprint density at radius 3 is 2.59 bits per heavy atom. The molecule has 0 saturated heterocycles. The van der Waals surface area contributed by atoms with E-state index >= 15 is 0 Å². The van der Waals surface area contributed by atoms with Gasteiger partial charge in [-0.2, -0.15) is 4.98 Å². The molecule has 1 N–H and O–H groups in total. The summed E-state index contributed by atoms with van der Waals surface area (Å²) in [7, 11) is 3.45. The maximum Gasteiger partial charge on any atom is 0.318 e. The van der Waals surface area contributed by atoms with Crippen LogP contribution in [0.1, 0.15) is 5.56 Å². The summed E-state index contributed by atoms with van der Waals surface area (Å²) in [5, 5.41) is 2.96. The molecule has 2 rings (SSSR count). The molecular formula is C14H14F2N4OS. The van der Waals surface area contributed by atoms with E-state index in [1.54, 1.807) is 31.1 Å². The number of nitrogens with one attached hydrogen (secondary N) is 1. The minimum absolute atomic E-state index is 0.00483. The summed E-state index contributed by atoms with van der Waals surface area (Å²) in [4.78, 5) is 9.27. The van der Waals surface area contributed by atoms with E-state index < -0.39 is 5.82 Å². The average Bonchev–Trinajstić information content (AvgIpc) is 2.49. The van der Waals surface area contributed by atoms with Crippen LogP contribution in [0.2, 0.25) is 0 Å². The molecule has 0 unspecified atom stereocenters. The number of rotatable bonds is 4. The SMILES string of the molecule is CN(C)C(=S)Nc1nc(OCc2ccc(F)cc2)ncc1F. The molecule has 5 nitrogen and oxygen atoms in total. The second-order valence-corrected chi connectivity index (χ2v) is 4.98. The highest BCUT2D eigenvalue weighted by Crippen LogP contribution is 2.15. The second-order valence-electron chi connectivity index (χ2n) is 4.59. The summed E-state index contributed by atoms with van der Waals surface area (Å²) in [5.74, 6) is -1.04. The Labute approximate surface area is 132 Å². The fraction of sp³-hybridized carbons (Fsp3) is 0.214. The second kappa shape index (κ2) is 7.08. The van der Waals surface area contributed by atoms with Crippen LogP contribution in [0, 0.1) is 11.6 Å². The van der Waals surface area contributed by atoms with Crippen LogP contribution in [0.5, 0.6) is 6.01 Å². The molecule has 0 atom stereocenters. The molecule has 0 fully saturated rings. The molecule has 0 bridgehead atoms. The van der Waals surface area contributed by atoms with Crippen LogP contribution in [-0.4, -0.2) is 34.1 Å². The topological polar surface area (TPSA) is 50.3 Å². The predicted molar refractivity (Wildman–Crippen MR) is 82.6 cm³/mol. The molecule has 1 aromatic carbocycles. The van der Waals surface area contributed by atoms with Gasteiger partial charge in [0, 0.05) is 14.1 Å². The first-order valence-electron chi connectivity index (χ1n) is 6.34. The fourth-order valence-electron chi connectivity index (χ4n) is 1.45. The number of hydrogen-bond acceptors (Lipinski definition) is 4. The molecule has 116 valence electrons. The van der Waals surface area contributed by atoms with Crippen LogP contribution in [0.15, 0.2) is 30.5 Å². The number of ether oxygens (including phenoxy) is 1. The van der Waals surface area contributed by atoms with Gasteiger partial charge in [0.2, 0.25) is 0 Å². The molecule has 0 spiro atoms. The molecule has 0 saturated carbocycles. The highest BCUT2D eigenvalue weighted by Gasteiger charge is 2.10. The largest absolute Gasteiger partial charge is 0.459 e. The third kappa shape index (κ3) is 4.32. The Kier molecular flexibility index (Phi) is 5.16. The number of hydrogen-bond donors (Lipinski definition) is 1. The van der Waals surface area contributed by atoms with Crippen molar-refractivity contribution in [3.8, 4) is 6.01 Å². The van der Waals surface area contributed by atoms with Crippen molar-refractivity contribution in [2.45, 2.75) is 6.61 Å². The van der Waals surface area contributed by atoms with Crippen molar-refractivity contribution in [2.24, 2.45) is 0 Å². The Bertz CT molecular complexity index is 664. The molecule has 0 aliphatic rings. The highest BCUT2D eigenvalue weighted by molar-refractivity contribution is 7.80. The zero-order valence-electron chi connectivity index (χ0n) is 12.0. The van der Waals surface area contributed by atoms with Crippen molar-refractivity contribution in [1.29, 1.82) is 0 Å². The Hall–Kier alpha value is -2.35. The number of aromatic nitrogens is 2. The predicted octanol–water partition coefficient (Wildman–Crippen LogP) is 2.59. The van der Waals surface area contributed by atoms with Gasteiger partial charge in [-0.05, 0) is 29.9 Å². The Morgan fingerprint density at radius 2 is 1.95 bits per heavy atom. The zero-order chi connectivity index (χ0) is 16.1. The number of nitrogens with zero attached hydrogens (tertiary/aromatic N) is 3. The molecule has 8 heteroatoms. The molecule has 0 aliphatic carbocycles. The number of anilines is 1. The molecule has 2 aromatic rings. The van der Waals surface area contributed by atoms with Gasteiger partial charge in [0.05, 0.1) is 6.20 Å². The van der Waals surface area contributed by atoms with Crippen LogP contribution in [0.3, 0.4) is 0 Å². The van der Waals surface area contributed by atoms with Crippen molar-refractivity contribution < 1.29 is 13.5 Å². The van der Waals surface area contributed by atoms with Crippen molar-refractivity contribution in [3.05, 3.63) is 47.7 Å². The minimum atomic E-state index is -0.640. The quantitative estimate of drug-likeness (QED) is 0.873. The van der Waals surface area contributed by atoms with Gasteiger partial charge < -0.3 is 15.0 Å².